The number of fused-ring (bicyclic) bond motifs is 1. The van der Waals surface area contributed by atoms with Crippen molar-refractivity contribution in [2.24, 2.45) is 11.7 Å². The van der Waals surface area contributed by atoms with E-state index in [4.69, 9.17) is 38.9 Å². The van der Waals surface area contributed by atoms with Crippen molar-refractivity contribution in [3.8, 4) is 6.07 Å². The van der Waals surface area contributed by atoms with Crippen molar-refractivity contribution in [1.82, 2.24) is 19.5 Å². The molecule has 0 bridgehead atoms. The second kappa shape index (κ2) is 12.0. The van der Waals surface area contributed by atoms with E-state index in [9.17, 15) is 10.1 Å². The van der Waals surface area contributed by atoms with E-state index in [1.807, 2.05) is 6.07 Å². The van der Waals surface area contributed by atoms with Gasteiger partial charge in [-0.1, -0.05) is 41.4 Å². The average Bonchev–Trinajstić information content (AvgIpc) is 3.36. The zero-order chi connectivity index (χ0) is 29.2. The molecule has 1 aliphatic heterocycles. The number of halogens is 2. The number of para-hydroxylation sites is 1. The van der Waals surface area contributed by atoms with E-state index in [1.165, 1.54) is 5.69 Å². The molecule has 4 aromatic rings. The van der Waals surface area contributed by atoms with Crippen LogP contribution in [0, 0.1) is 17.2 Å². The molecule has 2 fully saturated rings. The third-order valence-corrected chi connectivity index (χ3v) is 8.78. The molecular formula is C30H31Cl2N9O. The molecule has 2 aliphatic rings. The topological polar surface area (TPSA) is 138 Å². The first kappa shape index (κ1) is 28.1. The Morgan fingerprint density at radius 2 is 1.79 bits per heavy atom. The van der Waals surface area contributed by atoms with E-state index in [2.05, 4.69) is 55.4 Å². The Morgan fingerprint density at radius 3 is 2.48 bits per heavy atom. The molecule has 1 atom stereocenters. The van der Waals surface area contributed by atoms with Gasteiger partial charge in [0.15, 0.2) is 5.65 Å². The number of aromatic nitrogens is 4. The second-order valence-corrected chi connectivity index (χ2v) is 11.7. The minimum atomic E-state index is -0.260. The zero-order valence-corrected chi connectivity index (χ0v) is 24.4. The molecule has 6 rings (SSSR count). The molecule has 4 N–H and O–H groups in total. The van der Waals surface area contributed by atoms with Crippen LogP contribution in [0.5, 0.6) is 0 Å². The summed E-state index contributed by atoms with van der Waals surface area (Å²) in [5, 5.41) is 16.8. The summed E-state index contributed by atoms with van der Waals surface area (Å²) >= 11 is 13.0. The number of amides is 1. The summed E-state index contributed by atoms with van der Waals surface area (Å²) in [6, 6.07) is 15.8. The van der Waals surface area contributed by atoms with Crippen LogP contribution in [0.25, 0.3) is 11.2 Å². The summed E-state index contributed by atoms with van der Waals surface area (Å²) in [6.45, 7) is 1.86. The number of nitrogens with two attached hydrogens (primary N) is 1. The first-order valence-electron chi connectivity index (χ1n) is 14.2. The van der Waals surface area contributed by atoms with Crippen molar-refractivity contribution >= 4 is 63.5 Å². The lowest BCUT2D eigenvalue weighted by Crippen LogP contribution is -2.42. The summed E-state index contributed by atoms with van der Waals surface area (Å²) in [5.41, 5.74) is 8.93. The Hall–Kier alpha value is -4.07. The van der Waals surface area contributed by atoms with Gasteiger partial charge < -0.3 is 21.3 Å². The molecule has 2 aromatic carbocycles. The number of nitrogens with one attached hydrogen (secondary N) is 2. The van der Waals surface area contributed by atoms with Crippen LogP contribution in [0.1, 0.15) is 50.1 Å². The summed E-state index contributed by atoms with van der Waals surface area (Å²) in [5.74, 6) is 0.653. The number of nitriles is 1. The molecule has 3 heterocycles. The van der Waals surface area contributed by atoms with Crippen LogP contribution in [0.3, 0.4) is 0 Å². The van der Waals surface area contributed by atoms with Crippen molar-refractivity contribution < 1.29 is 4.79 Å². The van der Waals surface area contributed by atoms with Gasteiger partial charge in [-0.25, -0.2) is 9.97 Å². The molecular weight excluding hydrogens is 573 g/mol. The molecule has 1 unspecified atom stereocenters. The van der Waals surface area contributed by atoms with Gasteiger partial charge in [-0.3, -0.25) is 9.36 Å². The maximum absolute atomic E-state index is 11.8. The Labute approximate surface area is 253 Å². The number of primary amides is 1. The first-order chi connectivity index (χ1) is 20.4. The maximum Gasteiger partial charge on any atom is 0.225 e. The number of hydrogen-bond donors (Lipinski definition) is 3. The van der Waals surface area contributed by atoms with Crippen molar-refractivity contribution in [3.05, 3.63) is 64.3 Å². The Bertz CT molecular complexity index is 1620. The molecule has 216 valence electrons. The van der Waals surface area contributed by atoms with E-state index in [-0.39, 0.29) is 23.9 Å². The maximum atomic E-state index is 11.8. The molecule has 0 radical (unpaired) electrons. The molecule has 10 nitrogen and oxygen atoms in total. The van der Waals surface area contributed by atoms with Gasteiger partial charge in [-0.2, -0.15) is 10.2 Å². The third-order valence-electron chi connectivity index (χ3n) is 8.18. The van der Waals surface area contributed by atoms with Gasteiger partial charge in [0, 0.05) is 36.8 Å². The fourth-order valence-electron chi connectivity index (χ4n) is 6.03. The second-order valence-electron chi connectivity index (χ2n) is 10.9. The fraction of sp³-hybridized carbons (Fsp3) is 0.367. The van der Waals surface area contributed by atoms with Crippen molar-refractivity contribution in [2.45, 2.75) is 50.6 Å². The number of hydrogen-bond acceptors (Lipinski definition) is 8. The SMILES string of the molecule is N#Cc1cc(Cl)c(Nc2nc3cnc(NC4CCCN(c5ccccc5)C4)nc3n2C2CCC(C(N)=O)CC2)c(Cl)c1. The number of nitrogens with zero attached hydrogens (tertiary/aromatic N) is 6. The molecule has 1 saturated heterocycles. The average molecular weight is 605 g/mol. The monoisotopic (exact) mass is 603 g/mol. The van der Waals surface area contributed by atoms with E-state index >= 15 is 0 Å². The van der Waals surface area contributed by atoms with Crippen LogP contribution in [0.4, 0.5) is 23.3 Å². The summed E-state index contributed by atoms with van der Waals surface area (Å²) in [7, 11) is 0. The fourth-order valence-corrected chi connectivity index (χ4v) is 6.61. The lowest BCUT2D eigenvalue weighted by molar-refractivity contribution is -0.122. The predicted molar refractivity (Wildman–Crippen MR) is 165 cm³/mol. The molecule has 12 heteroatoms. The lowest BCUT2D eigenvalue weighted by Gasteiger charge is -2.34. The van der Waals surface area contributed by atoms with Gasteiger partial charge in [0.25, 0.3) is 0 Å². The van der Waals surface area contributed by atoms with E-state index in [1.54, 1.807) is 18.3 Å². The van der Waals surface area contributed by atoms with Crippen LogP contribution >= 0.6 is 23.2 Å². The highest BCUT2D eigenvalue weighted by atomic mass is 35.5. The number of anilines is 4. The number of carbonyl (C=O) groups is 1. The van der Waals surface area contributed by atoms with Gasteiger partial charge in [0.2, 0.25) is 17.8 Å². The van der Waals surface area contributed by atoms with Gasteiger partial charge in [0.05, 0.1) is 33.6 Å². The Balaban J connectivity index is 1.32. The first-order valence-corrected chi connectivity index (χ1v) is 14.9. The van der Waals surface area contributed by atoms with Crippen LogP contribution in [0.2, 0.25) is 10.0 Å². The number of benzene rings is 2. The van der Waals surface area contributed by atoms with Gasteiger partial charge >= 0.3 is 0 Å². The van der Waals surface area contributed by atoms with Crippen molar-refractivity contribution in [2.75, 3.05) is 28.6 Å². The number of carbonyl (C=O) groups excluding carboxylic acids is 1. The van der Waals surface area contributed by atoms with Crippen molar-refractivity contribution in [1.29, 1.82) is 5.26 Å². The number of piperidine rings is 1. The normalized spacial score (nSPS) is 20.7. The molecule has 2 aromatic heterocycles. The van der Waals surface area contributed by atoms with Gasteiger partial charge in [0.1, 0.15) is 5.52 Å². The third kappa shape index (κ3) is 5.80. The van der Waals surface area contributed by atoms with Crippen LogP contribution in [-0.2, 0) is 4.79 Å². The summed E-state index contributed by atoms with van der Waals surface area (Å²) in [6.07, 6.45) is 6.66. The highest BCUT2D eigenvalue weighted by molar-refractivity contribution is 6.39. The lowest BCUT2D eigenvalue weighted by atomic mass is 9.85. The largest absolute Gasteiger partial charge is 0.369 e. The number of imidazole rings is 1. The van der Waals surface area contributed by atoms with Crippen LogP contribution < -0.4 is 21.3 Å². The van der Waals surface area contributed by atoms with Crippen LogP contribution in [0.15, 0.2) is 48.7 Å². The van der Waals surface area contributed by atoms with Gasteiger partial charge in [-0.15, -0.1) is 0 Å². The predicted octanol–water partition coefficient (Wildman–Crippen LogP) is 6.05. The standard InChI is InChI=1S/C30H31Cl2N9O/c31-23-13-18(15-33)14-24(32)26(23)38-30-37-25-16-35-29(36-20-5-4-12-40(17-20)21-6-2-1-3-7-21)39-28(25)41(30)22-10-8-19(9-11-22)27(34)42/h1-3,6-7,13-14,16,19-20,22H,4-5,8-12,17H2,(H2,34,42)(H,37,38)(H,35,36,39). The molecule has 0 spiro atoms. The minimum absolute atomic E-state index is 0.0232. The highest BCUT2D eigenvalue weighted by Gasteiger charge is 2.30. The van der Waals surface area contributed by atoms with E-state index in [0.717, 1.165) is 38.8 Å². The minimum Gasteiger partial charge on any atom is -0.369 e. The summed E-state index contributed by atoms with van der Waals surface area (Å²) < 4.78 is 2.06. The van der Waals surface area contributed by atoms with Gasteiger partial charge in [-0.05, 0) is 62.8 Å². The molecule has 42 heavy (non-hydrogen) atoms. The number of rotatable bonds is 7. The van der Waals surface area contributed by atoms with Crippen molar-refractivity contribution in [3.63, 3.8) is 0 Å². The van der Waals surface area contributed by atoms with E-state index < -0.39 is 0 Å². The van der Waals surface area contributed by atoms with Crippen LogP contribution in [-0.4, -0.2) is 44.6 Å². The summed E-state index contributed by atoms with van der Waals surface area (Å²) in [4.78, 5) is 28.6. The smallest absolute Gasteiger partial charge is 0.225 e. The van der Waals surface area contributed by atoms with E-state index in [0.29, 0.717) is 57.2 Å². The Morgan fingerprint density at radius 1 is 1.05 bits per heavy atom. The molecule has 1 amide bonds. The zero-order valence-electron chi connectivity index (χ0n) is 22.9. The molecule has 1 aliphatic carbocycles. The highest BCUT2D eigenvalue weighted by Crippen LogP contribution is 2.39. The quantitative estimate of drug-likeness (QED) is 0.232. The Kier molecular flexibility index (Phi) is 8.05. The molecule has 1 saturated carbocycles.